The van der Waals surface area contributed by atoms with E-state index in [1.807, 2.05) is 13.0 Å². The summed E-state index contributed by atoms with van der Waals surface area (Å²) in [5.41, 5.74) is 0.803. The first kappa shape index (κ1) is 9.15. The lowest BCUT2D eigenvalue weighted by atomic mass is 10.1. The summed E-state index contributed by atoms with van der Waals surface area (Å²) in [5.74, 6) is 0.0356. The largest absolute Gasteiger partial charge is 0.290 e. The monoisotopic (exact) mass is 138 g/mol. The summed E-state index contributed by atoms with van der Waals surface area (Å²) >= 11 is 0. The van der Waals surface area contributed by atoms with Crippen molar-refractivity contribution in [1.29, 1.82) is 0 Å². The Balaban J connectivity index is 3.91. The number of rotatable bonds is 4. The first-order valence-electron chi connectivity index (χ1n) is 3.56. The van der Waals surface area contributed by atoms with Crippen LogP contribution in [0.1, 0.15) is 26.7 Å². The number of hydrogen-bond donors (Lipinski definition) is 0. The Hall–Kier alpha value is -0.850. The molecule has 0 saturated carbocycles. The highest BCUT2D eigenvalue weighted by Gasteiger charge is 1.95. The molecule has 0 atom stereocenters. The number of carbonyl (C=O) groups is 1. The van der Waals surface area contributed by atoms with E-state index in [1.54, 1.807) is 0 Å². The molecule has 0 bridgehead atoms. The average molecular weight is 138 g/mol. The van der Waals surface area contributed by atoms with Crippen molar-refractivity contribution in [2.45, 2.75) is 26.7 Å². The van der Waals surface area contributed by atoms with Crippen LogP contribution in [0.15, 0.2) is 24.3 Å². The van der Waals surface area contributed by atoms with Gasteiger partial charge in [-0.3, -0.25) is 4.79 Å². The fourth-order valence-corrected chi connectivity index (χ4v) is 0.622. The van der Waals surface area contributed by atoms with Crippen LogP contribution in [0, 0.1) is 0 Å². The molecule has 0 aromatic rings. The van der Waals surface area contributed by atoms with Gasteiger partial charge in [-0.1, -0.05) is 26.0 Å². The zero-order valence-electron chi connectivity index (χ0n) is 6.68. The predicted octanol–water partition coefficient (Wildman–Crippen LogP) is 2.49. The normalized spacial score (nSPS) is 11.2. The Morgan fingerprint density at radius 2 is 2.20 bits per heavy atom. The first-order valence-corrected chi connectivity index (χ1v) is 3.56. The van der Waals surface area contributed by atoms with E-state index in [-0.39, 0.29) is 5.78 Å². The zero-order chi connectivity index (χ0) is 7.98. The zero-order valence-corrected chi connectivity index (χ0v) is 6.68. The van der Waals surface area contributed by atoms with Gasteiger partial charge in [-0.25, -0.2) is 0 Å². The maximum Gasteiger partial charge on any atom is 0.180 e. The summed E-state index contributed by atoms with van der Waals surface area (Å²) < 4.78 is 0. The van der Waals surface area contributed by atoms with Crippen molar-refractivity contribution >= 4 is 5.78 Å². The third-order valence-corrected chi connectivity index (χ3v) is 1.31. The summed E-state index contributed by atoms with van der Waals surface area (Å²) in [4.78, 5) is 10.8. The van der Waals surface area contributed by atoms with Gasteiger partial charge in [0.05, 0.1) is 0 Å². The fourth-order valence-electron chi connectivity index (χ4n) is 0.622. The third kappa shape index (κ3) is 3.23. The number of ketones is 1. The van der Waals surface area contributed by atoms with E-state index in [9.17, 15) is 4.79 Å². The quantitative estimate of drug-likeness (QED) is 0.545. The Bertz CT molecular complexity index is 154. The lowest BCUT2D eigenvalue weighted by Gasteiger charge is -1.92. The molecule has 56 valence electrons. The van der Waals surface area contributed by atoms with Crippen LogP contribution in [-0.2, 0) is 4.79 Å². The number of hydrogen-bond acceptors (Lipinski definition) is 1. The third-order valence-electron chi connectivity index (χ3n) is 1.31. The van der Waals surface area contributed by atoms with Crippen molar-refractivity contribution in [1.82, 2.24) is 0 Å². The highest BCUT2D eigenvalue weighted by atomic mass is 16.1. The standard InChI is InChI=1S/C9H14O/c1-4-6-7-8(3)9(10)5-2/h5,7H,2,4,6H2,1,3H3. The van der Waals surface area contributed by atoms with Gasteiger partial charge in [0.1, 0.15) is 0 Å². The summed E-state index contributed by atoms with van der Waals surface area (Å²) in [6, 6.07) is 0. The molecule has 0 radical (unpaired) electrons. The second kappa shape index (κ2) is 4.98. The van der Waals surface area contributed by atoms with Crippen LogP contribution in [0.2, 0.25) is 0 Å². The molecule has 0 aromatic carbocycles. The summed E-state index contributed by atoms with van der Waals surface area (Å²) in [7, 11) is 0. The van der Waals surface area contributed by atoms with E-state index in [1.165, 1.54) is 6.08 Å². The molecular weight excluding hydrogens is 124 g/mol. The van der Waals surface area contributed by atoms with Crippen LogP contribution in [0.5, 0.6) is 0 Å². The van der Waals surface area contributed by atoms with Gasteiger partial charge in [-0.2, -0.15) is 0 Å². The Morgan fingerprint density at radius 1 is 1.60 bits per heavy atom. The first-order chi connectivity index (χ1) is 4.72. The number of carbonyl (C=O) groups excluding carboxylic acids is 1. The van der Waals surface area contributed by atoms with Crippen LogP contribution in [0.25, 0.3) is 0 Å². The molecule has 0 aliphatic rings. The Labute approximate surface area is 62.4 Å². The molecule has 0 saturated heterocycles. The molecule has 0 N–H and O–H groups in total. The predicted molar refractivity (Wildman–Crippen MR) is 43.9 cm³/mol. The minimum atomic E-state index is 0.0356. The molecule has 1 nitrogen and oxygen atoms in total. The van der Waals surface area contributed by atoms with Gasteiger partial charge in [0, 0.05) is 0 Å². The van der Waals surface area contributed by atoms with E-state index in [0.29, 0.717) is 0 Å². The van der Waals surface area contributed by atoms with Crippen molar-refractivity contribution < 1.29 is 4.79 Å². The van der Waals surface area contributed by atoms with Gasteiger partial charge in [-0.05, 0) is 25.0 Å². The van der Waals surface area contributed by atoms with Crippen LogP contribution in [0.3, 0.4) is 0 Å². The molecule has 1 heteroatoms. The molecule has 0 heterocycles. The molecule has 10 heavy (non-hydrogen) atoms. The molecule has 0 fully saturated rings. The molecule has 0 amide bonds. The van der Waals surface area contributed by atoms with Gasteiger partial charge in [-0.15, -0.1) is 0 Å². The van der Waals surface area contributed by atoms with E-state index in [0.717, 1.165) is 18.4 Å². The maximum absolute atomic E-state index is 10.8. The van der Waals surface area contributed by atoms with Crippen LogP contribution < -0.4 is 0 Å². The second-order valence-electron chi connectivity index (χ2n) is 2.24. The van der Waals surface area contributed by atoms with E-state index in [2.05, 4.69) is 13.5 Å². The molecule has 0 spiro atoms. The topological polar surface area (TPSA) is 17.1 Å². The van der Waals surface area contributed by atoms with Crippen molar-refractivity contribution in [2.75, 3.05) is 0 Å². The average Bonchev–Trinajstić information content (AvgIpc) is 1.98. The molecule has 0 unspecified atom stereocenters. The second-order valence-corrected chi connectivity index (χ2v) is 2.24. The van der Waals surface area contributed by atoms with Gasteiger partial charge < -0.3 is 0 Å². The number of unbranched alkanes of at least 4 members (excludes halogenated alkanes) is 1. The van der Waals surface area contributed by atoms with Crippen LogP contribution in [-0.4, -0.2) is 5.78 Å². The summed E-state index contributed by atoms with van der Waals surface area (Å²) in [6.45, 7) is 7.30. The van der Waals surface area contributed by atoms with Crippen molar-refractivity contribution in [3.05, 3.63) is 24.3 Å². The maximum atomic E-state index is 10.8. The smallest absolute Gasteiger partial charge is 0.180 e. The minimum absolute atomic E-state index is 0.0356. The van der Waals surface area contributed by atoms with Crippen molar-refractivity contribution in [2.24, 2.45) is 0 Å². The van der Waals surface area contributed by atoms with Crippen molar-refractivity contribution in [3.63, 3.8) is 0 Å². The summed E-state index contributed by atoms with van der Waals surface area (Å²) in [6.07, 6.45) is 5.36. The SMILES string of the molecule is C=CC(=O)C(C)=CCCC. The lowest BCUT2D eigenvalue weighted by Crippen LogP contribution is -1.92. The fraction of sp³-hybridized carbons (Fsp3) is 0.444. The van der Waals surface area contributed by atoms with E-state index < -0.39 is 0 Å². The minimum Gasteiger partial charge on any atom is -0.290 e. The Kier molecular flexibility index (Phi) is 4.55. The molecular formula is C9H14O. The van der Waals surface area contributed by atoms with Gasteiger partial charge in [0.2, 0.25) is 0 Å². The highest BCUT2D eigenvalue weighted by Crippen LogP contribution is 1.99. The molecule has 0 aromatic heterocycles. The summed E-state index contributed by atoms with van der Waals surface area (Å²) in [5, 5.41) is 0. The van der Waals surface area contributed by atoms with Crippen LogP contribution >= 0.6 is 0 Å². The van der Waals surface area contributed by atoms with Crippen LogP contribution in [0.4, 0.5) is 0 Å². The molecule has 0 aliphatic heterocycles. The van der Waals surface area contributed by atoms with Crippen molar-refractivity contribution in [3.8, 4) is 0 Å². The highest BCUT2D eigenvalue weighted by molar-refractivity contribution is 6.02. The molecule has 0 aliphatic carbocycles. The number of allylic oxidation sites excluding steroid dienone is 3. The Morgan fingerprint density at radius 3 is 2.60 bits per heavy atom. The van der Waals surface area contributed by atoms with E-state index in [4.69, 9.17) is 0 Å². The van der Waals surface area contributed by atoms with Gasteiger partial charge >= 0.3 is 0 Å². The van der Waals surface area contributed by atoms with Gasteiger partial charge in [0.15, 0.2) is 5.78 Å². The molecule has 0 rings (SSSR count). The van der Waals surface area contributed by atoms with Gasteiger partial charge in [0.25, 0.3) is 0 Å². The lowest BCUT2D eigenvalue weighted by molar-refractivity contribution is -0.111. The van der Waals surface area contributed by atoms with E-state index >= 15 is 0 Å².